The van der Waals surface area contributed by atoms with Gasteiger partial charge in [-0.05, 0) is 79.8 Å². The fraction of sp³-hybridized carbons (Fsp3) is 0.613. The van der Waals surface area contributed by atoms with Crippen LogP contribution in [0.3, 0.4) is 0 Å². The second-order valence-corrected chi connectivity index (χ2v) is 12.1. The van der Waals surface area contributed by atoms with Crippen molar-refractivity contribution >= 4 is 0 Å². The second kappa shape index (κ2) is 9.06. The summed E-state index contributed by atoms with van der Waals surface area (Å²) in [5.41, 5.74) is 2.30. The molecule has 37 heavy (non-hydrogen) atoms. The van der Waals surface area contributed by atoms with E-state index in [-0.39, 0.29) is 18.6 Å². The molecule has 0 unspecified atom stereocenters. The van der Waals surface area contributed by atoms with Gasteiger partial charge < -0.3 is 24.4 Å². The van der Waals surface area contributed by atoms with Gasteiger partial charge in [-0.2, -0.15) is 0 Å². The summed E-state index contributed by atoms with van der Waals surface area (Å²) in [5.74, 6) is 0.850. The third-order valence-electron chi connectivity index (χ3n) is 10.1. The zero-order valence-electron chi connectivity index (χ0n) is 21.6. The summed E-state index contributed by atoms with van der Waals surface area (Å²) in [6.45, 7) is 3.80. The summed E-state index contributed by atoms with van der Waals surface area (Å²) in [6, 6.07) is 16.8. The molecule has 0 amide bonds. The van der Waals surface area contributed by atoms with Gasteiger partial charge in [0.1, 0.15) is 12.4 Å². The van der Waals surface area contributed by atoms with Crippen molar-refractivity contribution < 1.29 is 24.4 Å². The lowest BCUT2D eigenvalue weighted by molar-refractivity contribution is -0.288. The normalized spacial score (nSPS) is 34.2. The van der Waals surface area contributed by atoms with Crippen molar-refractivity contribution in [3.05, 3.63) is 65.2 Å². The van der Waals surface area contributed by atoms with Gasteiger partial charge in [-0.3, -0.25) is 4.90 Å². The Kier molecular flexibility index (Phi) is 5.90. The Labute approximate surface area is 219 Å². The molecular formula is C31H39NO5. The van der Waals surface area contributed by atoms with Gasteiger partial charge in [-0.1, -0.05) is 36.4 Å². The largest absolute Gasteiger partial charge is 0.489 e. The van der Waals surface area contributed by atoms with Crippen molar-refractivity contribution in [3.8, 4) is 5.75 Å². The highest BCUT2D eigenvalue weighted by Crippen LogP contribution is 2.63. The molecule has 2 aliphatic heterocycles. The van der Waals surface area contributed by atoms with E-state index >= 15 is 0 Å². The minimum atomic E-state index is -0.897. The Hall–Kier alpha value is -1.96. The van der Waals surface area contributed by atoms with E-state index < -0.39 is 16.8 Å². The van der Waals surface area contributed by atoms with Crippen LogP contribution in [-0.2, 0) is 27.9 Å². The summed E-state index contributed by atoms with van der Waals surface area (Å²) in [5, 5.41) is 22.8. The maximum Gasteiger partial charge on any atom is 0.172 e. The molecule has 4 atom stereocenters. The van der Waals surface area contributed by atoms with Gasteiger partial charge >= 0.3 is 0 Å². The van der Waals surface area contributed by atoms with E-state index in [0.717, 1.165) is 43.2 Å². The summed E-state index contributed by atoms with van der Waals surface area (Å²) >= 11 is 0. The standard InChI is InChI=1S/C31H39NO5/c33-13-10-25-18-30(34)28-16-24-8-9-26(35-20-23-4-2-1-3-5-23)17-27(24)29(30,21-31(25)36-14-15-37-31)11-12-32(28)19-22-6-7-22/h1-5,8-9,17,22,25,28,33-34H,6-7,10-16,18-21H2/t25-,28+,29+,30+/m0/s1. The number of aliphatic hydroxyl groups is 2. The third kappa shape index (κ3) is 3.87. The van der Waals surface area contributed by atoms with Crippen molar-refractivity contribution in [1.29, 1.82) is 0 Å². The minimum Gasteiger partial charge on any atom is -0.489 e. The Balaban J connectivity index is 1.29. The smallest absolute Gasteiger partial charge is 0.172 e. The van der Waals surface area contributed by atoms with Gasteiger partial charge in [-0.25, -0.2) is 0 Å². The molecule has 3 aliphatic carbocycles. The van der Waals surface area contributed by atoms with Crippen LogP contribution in [0.25, 0.3) is 0 Å². The molecule has 2 N–H and O–H groups in total. The number of aliphatic hydroxyl groups excluding tert-OH is 1. The van der Waals surface area contributed by atoms with Crippen molar-refractivity contribution in [2.45, 2.75) is 74.4 Å². The first-order chi connectivity index (χ1) is 18.1. The lowest BCUT2D eigenvalue weighted by Gasteiger charge is -2.67. The van der Waals surface area contributed by atoms with Crippen molar-refractivity contribution in [2.75, 3.05) is 32.9 Å². The molecule has 6 nitrogen and oxygen atoms in total. The van der Waals surface area contributed by atoms with Crippen molar-refractivity contribution in [2.24, 2.45) is 11.8 Å². The highest BCUT2D eigenvalue weighted by molar-refractivity contribution is 5.49. The highest BCUT2D eigenvalue weighted by atomic mass is 16.7. The van der Waals surface area contributed by atoms with Gasteiger partial charge in [0.2, 0.25) is 0 Å². The zero-order valence-corrected chi connectivity index (χ0v) is 21.6. The molecule has 2 aromatic carbocycles. The van der Waals surface area contributed by atoms with Crippen LogP contribution >= 0.6 is 0 Å². The molecule has 2 aromatic rings. The average Bonchev–Trinajstić information content (AvgIpc) is 3.61. The number of fused-ring (bicyclic) bond motifs is 1. The van der Waals surface area contributed by atoms with Crippen LogP contribution < -0.4 is 4.74 Å². The molecule has 2 saturated heterocycles. The maximum absolute atomic E-state index is 12.9. The number of benzene rings is 2. The molecule has 2 saturated carbocycles. The van der Waals surface area contributed by atoms with Gasteiger partial charge in [0.15, 0.2) is 5.79 Å². The molecule has 2 heterocycles. The van der Waals surface area contributed by atoms with E-state index in [9.17, 15) is 10.2 Å². The number of hydrogen-bond donors (Lipinski definition) is 2. The summed E-state index contributed by atoms with van der Waals surface area (Å²) in [7, 11) is 0. The molecule has 198 valence electrons. The van der Waals surface area contributed by atoms with Crippen molar-refractivity contribution in [3.63, 3.8) is 0 Å². The highest BCUT2D eigenvalue weighted by Gasteiger charge is 2.70. The Morgan fingerprint density at radius 2 is 1.86 bits per heavy atom. The summed E-state index contributed by atoms with van der Waals surface area (Å²) < 4.78 is 19.1. The molecule has 4 fully saturated rings. The topological polar surface area (TPSA) is 71.4 Å². The molecule has 2 bridgehead atoms. The van der Waals surface area contributed by atoms with Crippen LogP contribution in [0.1, 0.15) is 55.2 Å². The quantitative estimate of drug-likeness (QED) is 0.596. The Morgan fingerprint density at radius 3 is 2.62 bits per heavy atom. The molecule has 6 heteroatoms. The number of piperidine rings is 1. The lowest BCUT2D eigenvalue weighted by Crippen LogP contribution is -2.76. The molecule has 0 radical (unpaired) electrons. The number of ether oxygens (including phenoxy) is 3. The molecule has 5 aliphatic rings. The van der Waals surface area contributed by atoms with Crippen LogP contribution in [0.5, 0.6) is 5.75 Å². The number of likely N-dealkylation sites (tertiary alicyclic amines) is 1. The first kappa shape index (κ1) is 24.1. The monoisotopic (exact) mass is 505 g/mol. The summed E-state index contributed by atoms with van der Waals surface area (Å²) in [6.07, 6.45) is 6.15. The van der Waals surface area contributed by atoms with Gasteiger partial charge in [0.25, 0.3) is 0 Å². The molecule has 0 aromatic heterocycles. The van der Waals surface area contributed by atoms with E-state index in [0.29, 0.717) is 39.1 Å². The third-order valence-corrected chi connectivity index (χ3v) is 10.1. The fourth-order valence-electron chi connectivity index (χ4n) is 8.11. The van der Waals surface area contributed by atoms with E-state index in [1.165, 1.54) is 24.0 Å². The van der Waals surface area contributed by atoms with E-state index in [1.54, 1.807) is 0 Å². The molecule has 1 spiro atoms. The first-order valence-corrected chi connectivity index (χ1v) is 14.2. The number of rotatable bonds is 7. The SMILES string of the molecule is OCC[C@H]1C[C@@]2(O)[C@H]3Cc4ccc(OCc5ccccc5)cc4[C@@]2(CCN3CC2CC2)CC12OCCO2. The average molecular weight is 506 g/mol. The lowest BCUT2D eigenvalue weighted by atomic mass is 9.46. The Morgan fingerprint density at radius 1 is 1.05 bits per heavy atom. The second-order valence-electron chi connectivity index (χ2n) is 12.1. The summed E-state index contributed by atoms with van der Waals surface area (Å²) in [4.78, 5) is 2.59. The first-order valence-electron chi connectivity index (χ1n) is 14.2. The van der Waals surface area contributed by atoms with Gasteiger partial charge in [-0.15, -0.1) is 0 Å². The molecule has 7 rings (SSSR count). The van der Waals surface area contributed by atoms with Crippen LogP contribution in [0.15, 0.2) is 48.5 Å². The van der Waals surface area contributed by atoms with Crippen LogP contribution in [0.2, 0.25) is 0 Å². The van der Waals surface area contributed by atoms with E-state index in [2.05, 4.69) is 35.2 Å². The predicted octanol–water partition coefficient (Wildman–Crippen LogP) is 3.81. The van der Waals surface area contributed by atoms with Crippen LogP contribution in [0, 0.1) is 11.8 Å². The maximum atomic E-state index is 12.9. The van der Waals surface area contributed by atoms with E-state index in [4.69, 9.17) is 14.2 Å². The molecular weight excluding hydrogens is 466 g/mol. The van der Waals surface area contributed by atoms with E-state index in [1.807, 2.05) is 18.2 Å². The number of nitrogens with zero attached hydrogens (tertiary/aromatic N) is 1. The predicted molar refractivity (Wildman–Crippen MR) is 139 cm³/mol. The minimum absolute atomic E-state index is 0.0273. The zero-order chi connectivity index (χ0) is 25.1. The van der Waals surface area contributed by atoms with Crippen LogP contribution in [0.4, 0.5) is 0 Å². The van der Waals surface area contributed by atoms with Gasteiger partial charge in [0, 0.05) is 36.9 Å². The van der Waals surface area contributed by atoms with Crippen LogP contribution in [-0.4, -0.2) is 65.5 Å². The fourth-order valence-corrected chi connectivity index (χ4v) is 8.11. The van der Waals surface area contributed by atoms with Gasteiger partial charge in [0.05, 0.1) is 18.8 Å². The van der Waals surface area contributed by atoms with Crippen molar-refractivity contribution in [1.82, 2.24) is 4.90 Å². The number of hydrogen-bond acceptors (Lipinski definition) is 6. The Bertz CT molecular complexity index is 1130.